The van der Waals surface area contributed by atoms with E-state index >= 15 is 0 Å². The average molecular weight is 350 g/mol. The second kappa shape index (κ2) is 7.14. The number of aromatic nitrogens is 1. The van der Waals surface area contributed by atoms with Gasteiger partial charge in [-0.1, -0.05) is 6.07 Å². The van der Waals surface area contributed by atoms with Crippen LogP contribution in [0.15, 0.2) is 28.2 Å². The lowest BCUT2D eigenvalue weighted by molar-refractivity contribution is -0.140. The molecule has 2 aromatic heterocycles. The van der Waals surface area contributed by atoms with E-state index in [1.165, 1.54) is 17.6 Å². The molecular formula is C16H18N2O5S. The van der Waals surface area contributed by atoms with Crippen LogP contribution in [0.2, 0.25) is 0 Å². The maximum atomic E-state index is 12.3. The van der Waals surface area contributed by atoms with Crippen molar-refractivity contribution >= 4 is 23.2 Å². The predicted octanol–water partition coefficient (Wildman–Crippen LogP) is 2.09. The van der Waals surface area contributed by atoms with Crippen molar-refractivity contribution in [2.75, 3.05) is 13.2 Å². The number of oxazole rings is 1. The fourth-order valence-electron chi connectivity index (χ4n) is 2.80. The summed E-state index contributed by atoms with van der Waals surface area (Å²) < 4.78 is 10.7. The van der Waals surface area contributed by atoms with E-state index in [2.05, 4.69) is 10.3 Å². The first-order chi connectivity index (χ1) is 11.6. The predicted molar refractivity (Wildman–Crippen MR) is 86.7 cm³/mol. The Morgan fingerprint density at radius 2 is 2.17 bits per heavy atom. The summed E-state index contributed by atoms with van der Waals surface area (Å²) in [5.41, 5.74) is -0.227. The molecule has 0 aromatic carbocycles. The lowest BCUT2D eigenvalue weighted by Crippen LogP contribution is -2.53. The molecule has 0 atom stereocenters. The van der Waals surface area contributed by atoms with Gasteiger partial charge in [-0.2, -0.15) is 0 Å². The molecular weight excluding hydrogens is 332 g/mol. The minimum Gasteiger partial charge on any atom is -0.481 e. The highest BCUT2D eigenvalue weighted by Gasteiger charge is 2.36. The first kappa shape index (κ1) is 16.7. The molecule has 7 nitrogen and oxygen atoms in total. The molecule has 0 unspecified atom stereocenters. The van der Waals surface area contributed by atoms with Gasteiger partial charge in [0.25, 0.3) is 0 Å². The molecule has 0 aliphatic carbocycles. The molecule has 0 saturated carbocycles. The molecule has 2 aromatic rings. The van der Waals surface area contributed by atoms with Crippen LogP contribution in [0.3, 0.4) is 0 Å². The van der Waals surface area contributed by atoms with Crippen molar-refractivity contribution in [1.29, 1.82) is 0 Å². The Balaban J connectivity index is 1.64. The lowest BCUT2D eigenvalue weighted by atomic mass is 9.86. The smallest absolute Gasteiger partial charge is 0.305 e. The van der Waals surface area contributed by atoms with Gasteiger partial charge in [-0.05, 0) is 24.3 Å². The summed E-state index contributed by atoms with van der Waals surface area (Å²) in [6, 6.07) is 3.79. The zero-order valence-electron chi connectivity index (χ0n) is 13.0. The van der Waals surface area contributed by atoms with Crippen LogP contribution in [0.4, 0.5) is 0 Å². The van der Waals surface area contributed by atoms with E-state index in [0.29, 0.717) is 37.6 Å². The summed E-state index contributed by atoms with van der Waals surface area (Å²) in [6.07, 6.45) is 2.38. The van der Waals surface area contributed by atoms with Crippen molar-refractivity contribution < 1.29 is 23.8 Å². The summed E-state index contributed by atoms with van der Waals surface area (Å²) in [5, 5.41) is 13.9. The van der Waals surface area contributed by atoms with Gasteiger partial charge >= 0.3 is 5.97 Å². The zero-order chi connectivity index (χ0) is 17.0. The molecule has 8 heteroatoms. The molecule has 24 heavy (non-hydrogen) atoms. The van der Waals surface area contributed by atoms with Gasteiger partial charge in [-0.25, -0.2) is 4.98 Å². The maximum Gasteiger partial charge on any atom is 0.305 e. The summed E-state index contributed by atoms with van der Waals surface area (Å²) in [6.45, 7) is 0.889. The van der Waals surface area contributed by atoms with Gasteiger partial charge in [0.2, 0.25) is 11.8 Å². The van der Waals surface area contributed by atoms with Crippen molar-refractivity contribution in [3.63, 3.8) is 0 Å². The molecule has 3 heterocycles. The van der Waals surface area contributed by atoms with Crippen molar-refractivity contribution in [1.82, 2.24) is 10.3 Å². The Labute approximate surface area is 142 Å². The Bertz CT molecular complexity index is 704. The van der Waals surface area contributed by atoms with E-state index in [-0.39, 0.29) is 18.7 Å². The molecule has 3 rings (SSSR count). The van der Waals surface area contributed by atoms with Gasteiger partial charge in [0.15, 0.2) is 0 Å². The Kier molecular flexibility index (Phi) is 4.96. The molecule has 0 bridgehead atoms. The molecule has 128 valence electrons. The van der Waals surface area contributed by atoms with Crippen LogP contribution in [0.5, 0.6) is 0 Å². The third kappa shape index (κ3) is 4.01. The minimum atomic E-state index is -0.932. The number of nitrogens with zero attached hydrogens (tertiary/aromatic N) is 1. The van der Waals surface area contributed by atoms with E-state index in [4.69, 9.17) is 14.3 Å². The van der Waals surface area contributed by atoms with Crippen LogP contribution in [-0.2, 0) is 20.7 Å². The highest BCUT2D eigenvalue weighted by atomic mass is 32.1. The van der Waals surface area contributed by atoms with Gasteiger partial charge in [0, 0.05) is 13.2 Å². The topological polar surface area (TPSA) is 102 Å². The Morgan fingerprint density at radius 1 is 1.38 bits per heavy atom. The van der Waals surface area contributed by atoms with E-state index in [1.807, 2.05) is 17.5 Å². The average Bonchev–Trinajstić information content (AvgIpc) is 3.17. The van der Waals surface area contributed by atoms with Crippen LogP contribution in [0, 0.1) is 0 Å². The van der Waals surface area contributed by atoms with E-state index in [9.17, 15) is 9.59 Å². The number of hydrogen-bond acceptors (Lipinski definition) is 6. The quantitative estimate of drug-likeness (QED) is 0.827. The van der Waals surface area contributed by atoms with Crippen molar-refractivity contribution in [2.45, 2.75) is 31.2 Å². The number of rotatable bonds is 6. The standard InChI is InChI=1S/C16H18N2O5S/c19-13(18-16(9-14(20)21)3-5-22-6-4-16)8-11-10-23-15(17-11)12-2-1-7-24-12/h1-2,7,10H,3-6,8-9H2,(H,18,19)(H,20,21). The number of ether oxygens (including phenoxy) is 1. The Hall–Kier alpha value is -2.19. The second-order valence-electron chi connectivity index (χ2n) is 5.81. The van der Waals surface area contributed by atoms with Crippen LogP contribution in [0.1, 0.15) is 25.0 Å². The van der Waals surface area contributed by atoms with E-state index < -0.39 is 11.5 Å². The first-order valence-electron chi connectivity index (χ1n) is 7.65. The van der Waals surface area contributed by atoms with Crippen molar-refractivity contribution in [2.24, 2.45) is 0 Å². The van der Waals surface area contributed by atoms with Crippen LogP contribution in [-0.4, -0.2) is 40.7 Å². The summed E-state index contributed by atoms with van der Waals surface area (Å²) >= 11 is 1.51. The number of carboxylic acids is 1. The maximum absolute atomic E-state index is 12.3. The van der Waals surface area contributed by atoms with Gasteiger partial charge in [-0.3, -0.25) is 9.59 Å². The normalized spacial score (nSPS) is 16.7. The van der Waals surface area contributed by atoms with Gasteiger partial charge < -0.3 is 19.6 Å². The summed E-state index contributed by atoms with van der Waals surface area (Å²) in [7, 11) is 0. The number of aliphatic carboxylic acids is 1. The number of hydrogen-bond donors (Lipinski definition) is 2. The molecule has 0 spiro atoms. The largest absolute Gasteiger partial charge is 0.481 e. The third-order valence-corrected chi connectivity index (χ3v) is 4.83. The van der Waals surface area contributed by atoms with Crippen LogP contribution in [0.25, 0.3) is 10.8 Å². The highest BCUT2D eigenvalue weighted by Crippen LogP contribution is 2.26. The van der Waals surface area contributed by atoms with Crippen molar-refractivity contribution in [3.8, 4) is 10.8 Å². The summed E-state index contributed by atoms with van der Waals surface area (Å²) in [5.74, 6) is -0.707. The molecule has 0 radical (unpaired) electrons. The van der Waals surface area contributed by atoms with Crippen LogP contribution >= 0.6 is 11.3 Å². The molecule has 2 N–H and O–H groups in total. The number of carboxylic acid groups (broad SMARTS) is 1. The first-order valence-corrected chi connectivity index (χ1v) is 8.53. The number of amides is 1. The molecule has 1 saturated heterocycles. The van der Waals surface area contributed by atoms with E-state index in [0.717, 1.165) is 4.88 Å². The lowest BCUT2D eigenvalue weighted by Gasteiger charge is -2.36. The Morgan fingerprint density at radius 3 is 2.83 bits per heavy atom. The second-order valence-corrected chi connectivity index (χ2v) is 6.76. The van der Waals surface area contributed by atoms with E-state index in [1.54, 1.807) is 0 Å². The summed E-state index contributed by atoms with van der Waals surface area (Å²) in [4.78, 5) is 28.7. The number of thiophene rings is 1. The van der Waals surface area contributed by atoms with Crippen molar-refractivity contribution in [3.05, 3.63) is 29.5 Å². The molecule has 1 amide bonds. The molecule has 1 fully saturated rings. The fourth-order valence-corrected chi connectivity index (χ4v) is 3.46. The zero-order valence-corrected chi connectivity index (χ0v) is 13.8. The fraction of sp³-hybridized carbons (Fsp3) is 0.438. The molecule has 1 aliphatic rings. The number of carbonyl (C=O) groups is 2. The molecule has 1 aliphatic heterocycles. The van der Waals surface area contributed by atoms with Gasteiger partial charge in [-0.15, -0.1) is 11.3 Å². The monoisotopic (exact) mass is 350 g/mol. The SMILES string of the molecule is O=C(O)CC1(NC(=O)Cc2coc(-c3cccs3)n2)CCOCC1. The third-order valence-electron chi connectivity index (χ3n) is 3.97. The minimum absolute atomic E-state index is 0.0527. The number of carbonyl (C=O) groups excluding carboxylic acids is 1. The van der Waals surface area contributed by atoms with Gasteiger partial charge in [0.1, 0.15) is 6.26 Å². The highest BCUT2D eigenvalue weighted by molar-refractivity contribution is 7.13. The van der Waals surface area contributed by atoms with Gasteiger partial charge in [0.05, 0.1) is 29.0 Å². The van der Waals surface area contributed by atoms with Crippen LogP contribution < -0.4 is 5.32 Å². The number of nitrogens with one attached hydrogen (secondary N) is 1.